The van der Waals surface area contributed by atoms with Crippen molar-refractivity contribution in [3.05, 3.63) is 66.2 Å². The van der Waals surface area contributed by atoms with Crippen molar-refractivity contribution in [1.82, 2.24) is 0 Å². The van der Waals surface area contributed by atoms with Crippen LogP contribution in [-0.4, -0.2) is 62.3 Å². The first-order chi connectivity index (χ1) is 19.6. The highest BCUT2D eigenvalue weighted by Gasteiger charge is 2.56. The Morgan fingerprint density at radius 2 is 1.50 bits per heavy atom. The number of hydrogen-bond donors (Lipinski definition) is 0. The van der Waals surface area contributed by atoms with E-state index in [1.165, 1.54) is 0 Å². The van der Waals surface area contributed by atoms with Gasteiger partial charge in [0.1, 0.15) is 30.2 Å². The molecule has 4 rings (SSSR count). The number of hydrogen-bond acceptors (Lipinski definition) is 8. The lowest BCUT2D eigenvalue weighted by Gasteiger charge is -2.44. The molecule has 228 valence electrons. The molecule has 2 fully saturated rings. The Labute approximate surface area is 257 Å². The molecule has 42 heavy (non-hydrogen) atoms. The first-order valence-corrected chi connectivity index (χ1v) is 17.7. The Balaban J connectivity index is 1.67. The normalized spacial score (nSPS) is 26.0. The van der Waals surface area contributed by atoms with Crippen molar-refractivity contribution in [2.75, 3.05) is 6.61 Å². The summed E-state index contributed by atoms with van der Waals surface area (Å²) in [7, 11) is -2.29. The summed E-state index contributed by atoms with van der Waals surface area (Å²) in [5.41, 5.74) is 0.893. The van der Waals surface area contributed by atoms with Crippen LogP contribution in [-0.2, 0) is 28.1 Å². The Morgan fingerprint density at radius 1 is 0.905 bits per heavy atom. The van der Waals surface area contributed by atoms with Crippen LogP contribution in [0, 0.1) is 11.8 Å². The van der Waals surface area contributed by atoms with E-state index in [-0.39, 0.29) is 16.9 Å². The van der Waals surface area contributed by atoms with Gasteiger partial charge in [0.2, 0.25) is 0 Å². The molecule has 2 aromatic carbocycles. The maximum atomic E-state index is 6.95. The van der Waals surface area contributed by atoms with E-state index in [2.05, 4.69) is 45.7 Å². The summed E-state index contributed by atoms with van der Waals surface area (Å²) in [6, 6.07) is 19.1. The zero-order valence-electron chi connectivity index (χ0n) is 26.1. The van der Waals surface area contributed by atoms with Crippen molar-refractivity contribution in [2.45, 2.75) is 109 Å². The number of ether oxygens (including phenoxy) is 6. The number of rotatable bonds is 6. The summed E-state index contributed by atoms with van der Waals surface area (Å²) in [6.07, 6.45) is -3.04. The summed E-state index contributed by atoms with van der Waals surface area (Å²) < 4.78 is 44.5. The molecule has 2 saturated heterocycles. The van der Waals surface area contributed by atoms with Gasteiger partial charge in [-0.3, -0.25) is 0 Å². The quantitative estimate of drug-likeness (QED) is 0.199. The molecule has 5 atom stereocenters. The van der Waals surface area contributed by atoms with Crippen LogP contribution in [0.5, 0.6) is 5.75 Å². The van der Waals surface area contributed by atoms with Crippen LogP contribution in [0.4, 0.5) is 0 Å². The Kier molecular flexibility index (Phi) is 9.90. The molecule has 7 nitrogen and oxygen atoms in total. The highest BCUT2D eigenvalue weighted by atomic mass is 32.1. The van der Waals surface area contributed by atoms with E-state index in [9.17, 15) is 0 Å². The summed E-state index contributed by atoms with van der Waals surface area (Å²) in [4.78, 5) is 0. The van der Waals surface area contributed by atoms with Gasteiger partial charge in [0.15, 0.2) is 26.0 Å². The third-order valence-electron chi connectivity index (χ3n) is 7.72. The first-order valence-electron chi connectivity index (χ1n) is 14.4. The molecule has 0 N–H and O–H groups in total. The van der Waals surface area contributed by atoms with Crippen molar-refractivity contribution in [2.24, 2.45) is 0 Å². The maximum absolute atomic E-state index is 6.95. The van der Waals surface area contributed by atoms with Crippen LogP contribution in [0.2, 0.25) is 18.1 Å². The molecular formula is C33H44O7SSi. The van der Waals surface area contributed by atoms with Crippen LogP contribution in [0.3, 0.4) is 0 Å². The van der Waals surface area contributed by atoms with Gasteiger partial charge < -0.3 is 32.8 Å². The van der Waals surface area contributed by atoms with Crippen LogP contribution in [0.1, 0.15) is 54.0 Å². The summed E-state index contributed by atoms with van der Waals surface area (Å²) in [5, 5.41) is -0.0794. The minimum Gasteiger partial charge on any atom is -0.448 e. The van der Waals surface area contributed by atoms with E-state index >= 15 is 0 Å². The average molecular weight is 613 g/mol. The SMILES string of the molecule is CC1(C)O[C@@H]([C@@H]2OC(C)(C)OC[C@H]2OC(=S)Oc2ccccc2)[C@@H]([C@@H](C#Cc2ccccc2)O[Si](C)(C)C(C)(C)C)O1. The van der Waals surface area contributed by atoms with Gasteiger partial charge in [0, 0.05) is 17.8 Å². The van der Waals surface area contributed by atoms with Gasteiger partial charge >= 0.3 is 5.24 Å². The van der Waals surface area contributed by atoms with Crippen LogP contribution in [0.25, 0.3) is 0 Å². The standard InChI is InChI=1S/C33H44O7SSi/c1-31(2,3)42(8,9)40-25(21-20-23-16-12-10-13-17-23)27-29(39-33(6,7)38-27)28-26(22-34-32(4,5)37-28)36-30(41)35-24-18-14-11-15-19-24/h10-19,25-29H,22H2,1-9H3/t25-,26-,27-,28-,29-/m1/s1. The van der Waals surface area contributed by atoms with E-state index in [1.54, 1.807) is 0 Å². The van der Waals surface area contributed by atoms with Crippen molar-refractivity contribution < 1.29 is 32.8 Å². The monoisotopic (exact) mass is 612 g/mol. The molecule has 2 aliphatic heterocycles. The Hall–Kier alpha value is -2.29. The molecule has 0 saturated carbocycles. The second-order valence-electron chi connectivity index (χ2n) is 13.1. The summed E-state index contributed by atoms with van der Waals surface area (Å²) in [6.45, 7) is 18.7. The summed E-state index contributed by atoms with van der Waals surface area (Å²) in [5.74, 6) is 5.48. The van der Waals surface area contributed by atoms with Gasteiger partial charge in [-0.15, -0.1) is 0 Å². The Bertz CT molecular complexity index is 1260. The van der Waals surface area contributed by atoms with Crippen LogP contribution < -0.4 is 4.74 Å². The third-order valence-corrected chi connectivity index (χ3v) is 12.4. The molecule has 2 aromatic rings. The van der Waals surface area contributed by atoms with Gasteiger partial charge in [0.25, 0.3) is 0 Å². The molecule has 0 bridgehead atoms. The fraction of sp³-hybridized carbons (Fsp3) is 0.545. The van der Waals surface area contributed by atoms with Gasteiger partial charge in [-0.2, -0.15) is 0 Å². The fourth-order valence-electron chi connectivity index (χ4n) is 4.58. The van der Waals surface area contributed by atoms with Crippen molar-refractivity contribution >= 4 is 25.8 Å². The van der Waals surface area contributed by atoms with Crippen molar-refractivity contribution in [3.8, 4) is 17.6 Å². The topological polar surface area (TPSA) is 64.6 Å². The molecule has 2 aliphatic rings. The molecule has 0 unspecified atom stereocenters. The zero-order chi connectivity index (χ0) is 30.8. The van der Waals surface area contributed by atoms with E-state index < -0.39 is 50.4 Å². The largest absolute Gasteiger partial charge is 0.448 e. The number of para-hydroxylation sites is 1. The lowest BCUT2D eigenvalue weighted by molar-refractivity contribution is -0.321. The van der Waals surface area contributed by atoms with E-state index in [0.717, 1.165) is 5.56 Å². The molecule has 0 radical (unpaired) electrons. The van der Waals surface area contributed by atoms with Gasteiger partial charge in [0.05, 0.1) is 6.61 Å². The minimum absolute atomic E-state index is 0.0317. The molecule has 0 spiro atoms. The minimum atomic E-state index is -2.29. The van der Waals surface area contributed by atoms with E-state index in [0.29, 0.717) is 5.75 Å². The number of benzene rings is 2. The highest BCUT2D eigenvalue weighted by Crippen LogP contribution is 2.42. The summed E-state index contributed by atoms with van der Waals surface area (Å²) >= 11 is 5.47. The van der Waals surface area contributed by atoms with Crippen molar-refractivity contribution in [1.29, 1.82) is 0 Å². The molecule has 2 heterocycles. The van der Waals surface area contributed by atoms with Crippen molar-refractivity contribution in [3.63, 3.8) is 0 Å². The second-order valence-corrected chi connectivity index (χ2v) is 18.2. The predicted molar refractivity (Wildman–Crippen MR) is 169 cm³/mol. The fourth-order valence-corrected chi connectivity index (χ4v) is 5.98. The smallest absolute Gasteiger partial charge is 0.358 e. The Morgan fingerprint density at radius 3 is 2.12 bits per heavy atom. The number of thiocarbonyl (C=S) groups is 1. The first kappa shape index (κ1) is 32.6. The predicted octanol–water partition coefficient (Wildman–Crippen LogP) is 6.85. The maximum Gasteiger partial charge on any atom is 0.358 e. The third kappa shape index (κ3) is 8.41. The van der Waals surface area contributed by atoms with Crippen LogP contribution >= 0.6 is 12.2 Å². The lowest BCUT2D eigenvalue weighted by Crippen LogP contribution is -2.59. The lowest BCUT2D eigenvalue weighted by atomic mass is 9.97. The van der Waals surface area contributed by atoms with E-state index in [4.69, 9.17) is 45.1 Å². The van der Waals surface area contributed by atoms with E-state index in [1.807, 2.05) is 88.4 Å². The average Bonchev–Trinajstić information content (AvgIpc) is 3.23. The second kappa shape index (κ2) is 12.7. The van der Waals surface area contributed by atoms with Gasteiger partial charge in [-0.25, -0.2) is 0 Å². The molecular weight excluding hydrogens is 569 g/mol. The molecule has 0 aliphatic carbocycles. The molecule has 0 amide bonds. The molecule has 9 heteroatoms. The van der Waals surface area contributed by atoms with Crippen LogP contribution in [0.15, 0.2) is 60.7 Å². The molecule has 0 aromatic heterocycles. The zero-order valence-corrected chi connectivity index (χ0v) is 27.9. The van der Waals surface area contributed by atoms with Gasteiger partial charge in [-0.1, -0.05) is 69.0 Å². The highest BCUT2D eigenvalue weighted by molar-refractivity contribution is 7.79. The van der Waals surface area contributed by atoms with Gasteiger partial charge in [-0.05, 0) is 70.1 Å².